The van der Waals surface area contributed by atoms with Crippen molar-refractivity contribution in [2.24, 2.45) is 0 Å². The third kappa shape index (κ3) is 6.66. The number of hydrogen-bond acceptors (Lipinski definition) is 4. The lowest BCUT2D eigenvalue weighted by Crippen LogP contribution is -2.46. The van der Waals surface area contributed by atoms with Gasteiger partial charge in [-0.15, -0.1) is 0 Å². The van der Waals surface area contributed by atoms with Gasteiger partial charge in [-0.05, 0) is 82.5 Å². The fourth-order valence-electron chi connectivity index (χ4n) is 6.79. The Bertz CT molecular complexity index is 1590. The molecule has 3 heterocycles. The smallest absolute Gasteiger partial charge is 0.345 e. The van der Waals surface area contributed by atoms with Gasteiger partial charge in [-0.25, -0.2) is 4.98 Å². The summed E-state index contributed by atoms with van der Waals surface area (Å²) in [6, 6.07) is 22.7. The van der Waals surface area contributed by atoms with Crippen molar-refractivity contribution in [3.8, 4) is 11.3 Å². The molecule has 2 aliphatic heterocycles. The molecule has 0 saturated carbocycles. The van der Waals surface area contributed by atoms with E-state index in [1.807, 2.05) is 61.5 Å². The highest BCUT2D eigenvalue weighted by Crippen LogP contribution is 2.36. The Balaban J connectivity index is 1.41. The van der Waals surface area contributed by atoms with E-state index in [9.17, 15) is 18.0 Å². The predicted octanol–water partition coefficient (Wildman–Crippen LogP) is 7.86. The van der Waals surface area contributed by atoms with Crippen LogP contribution in [-0.2, 0) is 12.7 Å². The van der Waals surface area contributed by atoms with Gasteiger partial charge in [-0.1, -0.05) is 67.1 Å². The number of carbonyl (C=O) groups excluding carboxylic acids is 1. The Labute approximate surface area is 257 Å². The minimum Gasteiger partial charge on any atom is -0.345 e. The summed E-state index contributed by atoms with van der Waals surface area (Å²) in [5.41, 5.74) is 2.73. The Morgan fingerprint density at radius 1 is 0.909 bits per heavy atom. The zero-order chi connectivity index (χ0) is 30.7. The van der Waals surface area contributed by atoms with Crippen molar-refractivity contribution in [1.29, 1.82) is 0 Å². The second-order valence-corrected chi connectivity index (χ2v) is 12.1. The maximum atomic E-state index is 14.2. The summed E-state index contributed by atoms with van der Waals surface area (Å²) in [6.45, 7) is 6.40. The molecule has 8 heteroatoms. The van der Waals surface area contributed by atoms with Crippen LogP contribution in [0.2, 0.25) is 0 Å². The average Bonchev–Trinajstić information content (AvgIpc) is 3.05. The summed E-state index contributed by atoms with van der Waals surface area (Å²) >= 11 is 0. The van der Waals surface area contributed by atoms with Gasteiger partial charge in [0.2, 0.25) is 0 Å². The number of likely N-dealkylation sites (tertiary alicyclic amines) is 2. The Morgan fingerprint density at radius 3 is 2.34 bits per heavy atom. The van der Waals surface area contributed by atoms with Crippen molar-refractivity contribution in [3.63, 3.8) is 0 Å². The zero-order valence-electron chi connectivity index (χ0n) is 25.1. The molecule has 230 valence electrons. The molecule has 0 spiro atoms. The van der Waals surface area contributed by atoms with E-state index in [-0.39, 0.29) is 11.9 Å². The number of nitrogens with zero attached hydrogens (tertiary/aromatic N) is 3. The molecule has 3 aromatic carbocycles. The van der Waals surface area contributed by atoms with Crippen LogP contribution in [0, 0.1) is 0 Å². The highest BCUT2D eigenvalue weighted by Gasteiger charge is 2.32. The van der Waals surface area contributed by atoms with Gasteiger partial charge >= 0.3 is 6.18 Å². The highest BCUT2D eigenvalue weighted by atomic mass is 19.4. The van der Waals surface area contributed by atoms with Crippen LogP contribution < -0.4 is 5.32 Å². The minimum absolute atomic E-state index is 0.258. The molecule has 0 aliphatic carbocycles. The molecule has 0 radical (unpaired) electrons. The number of piperidine rings is 2. The molecule has 1 N–H and O–H groups in total. The number of rotatable bonds is 7. The van der Waals surface area contributed by atoms with Crippen molar-refractivity contribution in [3.05, 3.63) is 101 Å². The molecule has 2 fully saturated rings. The maximum Gasteiger partial charge on any atom is 0.416 e. The molecule has 6 rings (SSSR count). The van der Waals surface area contributed by atoms with E-state index in [1.54, 1.807) is 6.07 Å². The van der Waals surface area contributed by atoms with Gasteiger partial charge in [0.05, 0.1) is 28.4 Å². The minimum atomic E-state index is -4.49. The molecule has 1 unspecified atom stereocenters. The SMILES string of the molecule is CC(NC(=O)c1c(CN2CCC(N3CCCCC3)CC2)c(-c2cccc(C(F)(F)F)c2)nc2ccccc12)c1ccccc1. The standard InChI is InChI=1S/C36H39F3N4O/c1-25(26-11-4-2-5-12-26)40-35(44)33-30-15-6-7-16-32(30)41-34(27-13-10-14-28(23-27)36(37,38)39)31(33)24-42-21-17-29(18-22-42)43-19-8-3-9-20-43/h2,4-7,10-16,23,25,29H,3,8-9,17-22,24H2,1H3,(H,40,44). The second kappa shape index (κ2) is 13.1. The topological polar surface area (TPSA) is 48.5 Å². The van der Waals surface area contributed by atoms with Crippen LogP contribution in [0.3, 0.4) is 0 Å². The van der Waals surface area contributed by atoms with Crippen LogP contribution in [-0.4, -0.2) is 52.9 Å². The first-order chi connectivity index (χ1) is 21.3. The van der Waals surface area contributed by atoms with Gasteiger partial charge < -0.3 is 10.2 Å². The number of aromatic nitrogens is 1. The number of para-hydroxylation sites is 1. The van der Waals surface area contributed by atoms with Gasteiger partial charge in [0.25, 0.3) is 5.91 Å². The number of fused-ring (bicyclic) bond motifs is 1. The largest absolute Gasteiger partial charge is 0.416 e. The van der Waals surface area contributed by atoms with Gasteiger partial charge in [0.1, 0.15) is 0 Å². The number of carbonyl (C=O) groups is 1. The van der Waals surface area contributed by atoms with Crippen LogP contribution in [0.4, 0.5) is 13.2 Å². The summed E-state index contributed by atoms with van der Waals surface area (Å²) < 4.78 is 41.4. The van der Waals surface area contributed by atoms with Crippen molar-refractivity contribution in [2.75, 3.05) is 26.2 Å². The molecule has 1 aromatic heterocycles. The van der Waals surface area contributed by atoms with Crippen molar-refractivity contribution in [1.82, 2.24) is 20.1 Å². The summed E-state index contributed by atoms with van der Waals surface area (Å²) in [6.07, 6.45) is 1.39. The lowest BCUT2D eigenvalue weighted by atomic mass is 9.93. The van der Waals surface area contributed by atoms with Gasteiger partial charge in [-0.2, -0.15) is 13.2 Å². The molecular formula is C36H39F3N4O. The molecule has 5 nitrogen and oxygen atoms in total. The fraction of sp³-hybridized carbons (Fsp3) is 0.389. The number of halogens is 3. The third-order valence-electron chi connectivity index (χ3n) is 9.18. The highest BCUT2D eigenvalue weighted by molar-refractivity contribution is 6.09. The molecule has 2 aliphatic rings. The molecule has 44 heavy (non-hydrogen) atoms. The van der Waals surface area contributed by atoms with Crippen LogP contribution in [0.1, 0.15) is 72.1 Å². The molecule has 1 amide bonds. The lowest BCUT2D eigenvalue weighted by molar-refractivity contribution is -0.137. The average molecular weight is 601 g/mol. The monoisotopic (exact) mass is 600 g/mol. The molecule has 0 bridgehead atoms. The van der Waals surface area contributed by atoms with Crippen LogP contribution in [0.5, 0.6) is 0 Å². The van der Waals surface area contributed by atoms with Crippen molar-refractivity contribution in [2.45, 2.75) is 63.8 Å². The van der Waals surface area contributed by atoms with E-state index < -0.39 is 11.7 Å². The summed E-state index contributed by atoms with van der Waals surface area (Å²) in [5, 5.41) is 3.87. The first-order valence-corrected chi connectivity index (χ1v) is 15.7. The van der Waals surface area contributed by atoms with E-state index in [2.05, 4.69) is 15.1 Å². The number of nitrogens with one attached hydrogen (secondary N) is 1. The zero-order valence-corrected chi connectivity index (χ0v) is 25.1. The van der Waals surface area contributed by atoms with Crippen molar-refractivity contribution < 1.29 is 18.0 Å². The van der Waals surface area contributed by atoms with E-state index in [0.29, 0.717) is 45.9 Å². The molecule has 1 atom stereocenters. The first-order valence-electron chi connectivity index (χ1n) is 15.7. The normalized spacial score (nSPS) is 17.9. The van der Waals surface area contributed by atoms with Crippen molar-refractivity contribution >= 4 is 16.8 Å². The van der Waals surface area contributed by atoms with Crippen LogP contribution in [0.15, 0.2) is 78.9 Å². The first kappa shape index (κ1) is 30.3. The van der Waals surface area contributed by atoms with Gasteiger partial charge in [0.15, 0.2) is 0 Å². The van der Waals surface area contributed by atoms with E-state index in [4.69, 9.17) is 4.98 Å². The molecule has 2 saturated heterocycles. The quantitative estimate of drug-likeness (QED) is 0.235. The van der Waals surface area contributed by atoms with E-state index in [0.717, 1.165) is 56.7 Å². The third-order valence-corrected chi connectivity index (χ3v) is 9.18. The Morgan fingerprint density at radius 2 is 1.61 bits per heavy atom. The number of hydrogen-bond donors (Lipinski definition) is 1. The Kier molecular flexibility index (Phi) is 9.01. The van der Waals surface area contributed by atoms with E-state index >= 15 is 0 Å². The number of amides is 1. The van der Waals surface area contributed by atoms with Gasteiger partial charge in [-0.3, -0.25) is 9.69 Å². The van der Waals surface area contributed by atoms with Gasteiger partial charge in [0, 0.05) is 29.1 Å². The second-order valence-electron chi connectivity index (χ2n) is 12.1. The fourth-order valence-corrected chi connectivity index (χ4v) is 6.79. The lowest BCUT2D eigenvalue weighted by Gasteiger charge is -2.40. The molecular weight excluding hydrogens is 561 g/mol. The summed E-state index contributed by atoms with van der Waals surface area (Å²) in [4.78, 5) is 24.1. The maximum absolute atomic E-state index is 14.2. The summed E-state index contributed by atoms with van der Waals surface area (Å²) in [5.74, 6) is -0.258. The Hall–Kier alpha value is -3.75. The predicted molar refractivity (Wildman–Crippen MR) is 168 cm³/mol. The summed E-state index contributed by atoms with van der Waals surface area (Å²) in [7, 11) is 0. The van der Waals surface area contributed by atoms with E-state index in [1.165, 1.54) is 25.3 Å². The van der Waals surface area contributed by atoms with Crippen LogP contribution in [0.25, 0.3) is 22.2 Å². The number of benzene rings is 3. The number of pyridine rings is 1. The number of alkyl halides is 3. The molecule has 4 aromatic rings. The van der Waals surface area contributed by atoms with Crippen LogP contribution >= 0.6 is 0 Å².